The van der Waals surface area contributed by atoms with Crippen molar-refractivity contribution >= 4 is 29.6 Å². The Bertz CT molecular complexity index is 989. The van der Waals surface area contributed by atoms with Gasteiger partial charge >= 0.3 is 0 Å². The summed E-state index contributed by atoms with van der Waals surface area (Å²) in [6, 6.07) is 13.5. The maximum atomic E-state index is 5.97. The Balaban J connectivity index is 1.81. The Morgan fingerprint density at radius 3 is 2.60 bits per heavy atom. The molecule has 0 spiro atoms. The second-order valence-corrected chi connectivity index (χ2v) is 7.84. The van der Waals surface area contributed by atoms with Gasteiger partial charge in [0.2, 0.25) is 5.16 Å². The van der Waals surface area contributed by atoms with E-state index in [4.69, 9.17) is 21.1 Å². The summed E-state index contributed by atoms with van der Waals surface area (Å²) in [5, 5.41) is 14.8. The number of ether oxygens (including phenoxy) is 2. The summed E-state index contributed by atoms with van der Waals surface area (Å²) in [4.78, 5) is 0. The average Bonchev–Trinajstić information content (AvgIpc) is 3.14. The third-order valence-corrected chi connectivity index (χ3v) is 5.48. The van der Waals surface area contributed by atoms with E-state index in [1.165, 1.54) is 0 Å². The normalized spacial score (nSPS) is 11.2. The van der Waals surface area contributed by atoms with Gasteiger partial charge in [-0.3, -0.25) is 0 Å². The first-order chi connectivity index (χ1) is 14.6. The molecule has 0 amide bonds. The molecule has 3 aromatic rings. The summed E-state index contributed by atoms with van der Waals surface area (Å²) >= 11 is 7.56. The van der Waals surface area contributed by atoms with Gasteiger partial charge in [-0.2, -0.15) is 9.78 Å². The van der Waals surface area contributed by atoms with Crippen LogP contribution in [0, 0.1) is 0 Å². The topological polar surface area (TPSA) is 61.5 Å². The van der Waals surface area contributed by atoms with Gasteiger partial charge in [0.05, 0.1) is 19.9 Å². The molecule has 30 heavy (non-hydrogen) atoms. The van der Waals surface area contributed by atoms with E-state index < -0.39 is 0 Å². The van der Waals surface area contributed by atoms with Crippen LogP contribution in [0.5, 0.6) is 11.5 Å². The Labute approximate surface area is 186 Å². The lowest BCUT2D eigenvalue weighted by molar-refractivity contribution is 0.311. The SMILES string of the molecule is CCCc1nnc(SCc2ccc(Cl)cc2)n1/N=C\c1ccc(OCC)c(OC)c1. The number of methoxy groups -OCH3 is 1. The van der Waals surface area contributed by atoms with E-state index in [1.807, 2.05) is 54.1 Å². The molecule has 0 aliphatic rings. The summed E-state index contributed by atoms with van der Waals surface area (Å²) in [5.74, 6) is 2.99. The van der Waals surface area contributed by atoms with E-state index in [0.29, 0.717) is 18.1 Å². The molecule has 2 aromatic carbocycles. The van der Waals surface area contributed by atoms with Crippen LogP contribution in [-0.2, 0) is 12.2 Å². The summed E-state index contributed by atoms with van der Waals surface area (Å²) in [6.45, 7) is 4.64. The molecule has 0 bridgehead atoms. The highest BCUT2D eigenvalue weighted by Crippen LogP contribution is 2.28. The molecule has 0 saturated carbocycles. The fourth-order valence-electron chi connectivity index (χ4n) is 2.77. The number of hydrogen-bond acceptors (Lipinski definition) is 6. The molecule has 0 fully saturated rings. The van der Waals surface area contributed by atoms with E-state index in [2.05, 4.69) is 22.2 Å². The van der Waals surface area contributed by atoms with Crippen molar-refractivity contribution in [1.29, 1.82) is 0 Å². The van der Waals surface area contributed by atoms with Crippen molar-refractivity contribution in [2.24, 2.45) is 5.10 Å². The van der Waals surface area contributed by atoms with Gasteiger partial charge < -0.3 is 9.47 Å². The maximum absolute atomic E-state index is 5.97. The van der Waals surface area contributed by atoms with Crippen LogP contribution in [0.1, 0.15) is 37.2 Å². The van der Waals surface area contributed by atoms with Crippen LogP contribution in [0.4, 0.5) is 0 Å². The molecule has 6 nitrogen and oxygen atoms in total. The molecule has 1 aromatic heterocycles. The van der Waals surface area contributed by atoms with Crippen molar-refractivity contribution in [3.63, 3.8) is 0 Å². The Kier molecular flexibility index (Phi) is 8.16. The van der Waals surface area contributed by atoms with Crippen LogP contribution < -0.4 is 9.47 Å². The van der Waals surface area contributed by atoms with Gasteiger partial charge in [0, 0.05) is 17.2 Å². The zero-order valence-corrected chi connectivity index (χ0v) is 18.9. The van der Waals surface area contributed by atoms with Crippen LogP contribution in [0.3, 0.4) is 0 Å². The third kappa shape index (κ3) is 5.77. The monoisotopic (exact) mass is 444 g/mol. The second kappa shape index (κ2) is 11.0. The highest BCUT2D eigenvalue weighted by Gasteiger charge is 2.12. The molecular formula is C22H25ClN4O2S. The standard InChI is InChI=1S/C22H25ClN4O2S/c1-4-6-21-25-26-22(30-15-16-7-10-18(23)11-8-16)27(21)24-14-17-9-12-19(29-5-2)20(13-17)28-3/h7-14H,4-6,15H2,1-3H3/b24-14-. The fraction of sp³-hybridized carbons (Fsp3) is 0.318. The molecule has 0 radical (unpaired) electrons. The van der Waals surface area contributed by atoms with Crippen LogP contribution >= 0.6 is 23.4 Å². The average molecular weight is 445 g/mol. The largest absolute Gasteiger partial charge is 0.493 e. The van der Waals surface area contributed by atoms with E-state index in [1.54, 1.807) is 25.1 Å². The minimum absolute atomic E-state index is 0.582. The molecule has 158 valence electrons. The van der Waals surface area contributed by atoms with E-state index in [0.717, 1.165) is 45.7 Å². The van der Waals surface area contributed by atoms with Crippen LogP contribution in [0.15, 0.2) is 52.7 Å². The number of benzene rings is 2. The van der Waals surface area contributed by atoms with Crippen molar-refractivity contribution in [1.82, 2.24) is 14.9 Å². The van der Waals surface area contributed by atoms with Crippen molar-refractivity contribution < 1.29 is 9.47 Å². The van der Waals surface area contributed by atoms with Gasteiger partial charge in [-0.1, -0.05) is 42.4 Å². The van der Waals surface area contributed by atoms with Crippen molar-refractivity contribution in [2.45, 2.75) is 37.6 Å². The second-order valence-electron chi connectivity index (χ2n) is 6.46. The summed E-state index contributed by atoms with van der Waals surface area (Å²) in [6.07, 6.45) is 3.55. The molecule has 0 N–H and O–H groups in total. The molecular weight excluding hydrogens is 420 g/mol. The van der Waals surface area contributed by atoms with Crippen molar-refractivity contribution in [2.75, 3.05) is 13.7 Å². The summed E-state index contributed by atoms with van der Waals surface area (Å²) in [7, 11) is 1.63. The minimum atomic E-state index is 0.582. The molecule has 0 atom stereocenters. The molecule has 8 heteroatoms. The van der Waals surface area contributed by atoms with E-state index in [-0.39, 0.29) is 0 Å². The molecule has 0 aliphatic carbocycles. The highest BCUT2D eigenvalue weighted by molar-refractivity contribution is 7.98. The fourth-order valence-corrected chi connectivity index (χ4v) is 3.76. The van der Waals surface area contributed by atoms with Crippen molar-refractivity contribution in [3.05, 3.63) is 64.4 Å². The lowest BCUT2D eigenvalue weighted by atomic mass is 10.2. The van der Waals surface area contributed by atoms with Crippen LogP contribution in [0.2, 0.25) is 5.02 Å². The first-order valence-electron chi connectivity index (χ1n) is 9.81. The number of halogens is 1. The van der Waals surface area contributed by atoms with Gasteiger partial charge in [0.1, 0.15) is 0 Å². The third-order valence-electron chi connectivity index (χ3n) is 4.24. The zero-order chi connectivity index (χ0) is 21.3. The van der Waals surface area contributed by atoms with Gasteiger partial charge in [-0.05, 0) is 54.8 Å². The van der Waals surface area contributed by atoms with E-state index in [9.17, 15) is 0 Å². The van der Waals surface area contributed by atoms with Crippen LogP contribution in [0.25, 0.3) is 0 Å². The lowest BCUT2D eigenvalue weighted by Crippen LogP contribution is -2.01. The Morgan fingerprint density at radius 2 is 1.90 bits per heavy atom. The first kappa shape index (κ1) is 22.2. The molecule has 0 unspecified atom stereocenters. The number of nitrogens with zero attached hydrogens (tertiary/aromatic N) is 4. The number of thioether (sulfide) groups is 1. The van der Waals surface area contributed by atoms with Gasteiger partial charge in [-0.15, -0.1) is 10.2 Å². The molecule has 3 rings (SSSR count). The molecule has 1 heterocycles. The van der Waals surface area contributed by atoms with Gasteiger partial charge in [0.15, 0.2) is 17.3 Å². The molecule has 0 saturated heterocycles. The maximum Gasteiger partial charge on any atom is 0.212 e. The first-order valence-corrected chi connectivity index (χ1v) is 11.2. The Hall–Kier alpha value is -2.51. The predicted octanol–water partition coefficient (Wildman–Crippen LogP) is 5.47. The van der Waals surface area contributed by atoms with Crippen LogP contribution in [-0.4, -0.2) is 34.8 Å². The van der Waals surface area contributed by atoms with Gasteiger partial charge in [-0.25, -0.2) is 0 Å². The van der Waals surface area contributed by atoms with Gasteiger partial charge in [0.25, 0.3) is 0 Å². The Morgan fingerprint density at radius 1 is 1.10 bits per heavy atom. The lowest BCUT2D eigenvalue weighted by Gasteiger charge is -2.09. The number of rotatable bonds is 10. The van der Waals surface area contributed by atoms with E-state index >= 15 is 0 Å². The highest BCUT2D eigenvalue weighted by atomic mass is 35.5. The minimum Gasteiger partial charge on any atom is -0.493 e. The number of hydrogen-bond donors (Lipinski definition) is 0. The smallest absolute Gasteiger partial charge is 0.212 e. The number of aryl methyl sites for hydroxylation is 1. The number of aromatic nitrogens is 3. The summed E-state index contributed by atoms with van der Waals surface area (Å²) in [5.41, 5.74) is 2.07. The van der Waals surface area contributed by atoms with Crippen molar-refractivity contribution in [3.8, 4) is 11.5 Å². The zero-order valence-electron chi connectivity index (χ0n) is 17.3. The predicted molar refractivity (Wildman–Crippen MR) is 122 cm³/mol. The quantitative estimate of drug-likeness (QED) is 0.306. The molecule has 0 aliphatic heterocycles. The summed E-state index contributed by atoms with van der Waals surface area (Å²) < 4.78 is 12.8.